The maximum atomic E-state index is 9.99. The first-order chi connectivity index (χ1) is 6.22. The summed E-state index contributed by atoms with van der Waals surface area (Å²) in [7, 11) is 0. The summed E-state index contributed by atoms with van der Waals surface area (Å²) in [4.78, 5) is 0. The van der Waals surface area contributed by atoms with E-state index < -0.39 is 11.7 Å². The van der Waals surface area contributed by atoms with Crippen molar-refractivity contribution in [3.8, 4) is 0 Å². The van der Waals surface area contributed by atoms with Crippen LogP contribution in [0.1, 0.15) is 26.2 Å². The van der Waals surface area contributed by atoms with Crippen molar-refractivity contribution in [2.75, 3.05) is 13.2 Å². The van der Waals surface area contributed by atoms with Crippen molar-refractivity contribution in [3.05, 3.63) is 11.8 Å². The summed E-state index contributed by atoms with van der Waals surface area (Å²) in [5.74, 6) is 0.699. The van der Waals surface area contributed by atoms with Crippen LogP contribution in [0.3, 0.4) is 0 Å². The van der Waals surface area contributed by atoms with Gasteiger partial charge in [0.05, 0.1) is 12.2 Å². The Kier molecular flexibility index (Phi) is 2.30. The van der Waals surface area contributed by atoms with Crippen molar-refractivity contribution in [2.45, 2.75) is 37.9 Å². The molecule has 13 heavy (non-hydrogen) atoms. The molecule has 1 fully saturated rings. The van der Waals surface area contributed by atoms with Gasteiger partial charge in [0.2, 0.25) is 0 Å². The van der Waals surface area contributed by atoms with Gasteiger partial charge in [0.1, 0.15) is 11.9 Å². The Hall–Kier alpha value is -0.540. The lowest BCUT2D eigenvalue weighted by molar-refractivity contribution is -0.0785. The summed E-state index contributed by atoms with van der Waals surface area (Å²) in [5.41, 5.74) is -0.420. The van der Waals surface area contributed by atoms with Gasteiger partial charge in [-0.05, 0) is 25.8 Å². The Bertz CT molecular complexity index is 216. The first-order valence-electron chi connectivity index (χ1n) is 4.87. The second-order valence-electron chi connectivity index (χ2n) is 3.91. The van der Waals surface area contributed by atoms with Crippen molar-refractivity contribution in [1.82, 2.24) is 0 Å². The molecule has 1 saturated heterocycles. The van der Waals surface area contributed by atoms with Gasteiger partial charge >= 0.3 is 0 Å². The lowest BCUT2D eigenvalue weighted by Gasteiger charge is -2.29. The van der Waals surface area contributed by atoms with Gasteiger partial charge < -0.3 is 14.6 Å². The predicted molar refractivity (Wildman–Crippen MR) is 48.2 cm³/mol. The molecule has 2 atom stereocenters. The van der Waals surface area contributed by atoms with E-state index in [4.69, 9.17) is 9.47 Å². The highest BCUT2D eigenvalue weighted by atomic mass is 16.5. The molecule has 0 aliphatic carbocycles. The molecule has 2 aliphatic rings. The molecule has 1 N–H and O–H groups in total. The van der Waals surface area contributed by atoms with Gasteiger partial charge in [-0.2, -0.15) is 0 Å². The lowest BCUT2D eigenvalue weighted by Crippen LogP contribution is -2.40. The normalized spacial score (nSPS) is 35.7. The van der Waals surface area contributed by atoms with E-state index >= 15 is 0 Å². The Morgan fingerprint density at radius 1 is 1.54 bits per heavy atom. The van der Waals surface area contributed by atoms with Gasteiger partial charge in [-0.15, -0.1) is 0 Å². The van der Waals surface area contributed by atoms with Crippen LogP contribution in [-0.2, 0) is 9.47 Å². The van der Waals surface area contributed by atoms with Crippen LogP contribution in [-0.4, -0.2) is 30.0 Å². The topological polar surface area (TPSA) is 38.7 Å². The summed E-state index contributed by atoms with van der Waals surface area (Å²) in [6.07, 6.45) is 4.22. The third-order valence-corrected chi connectivity index (χ3v) is 2.83. The fourth-order valence-corrected chi connectivity index (χ4v) is 1.94. The molecular weight excluding hydrogens is 168 g/mol. The highest BCUT2D eigenvalue weighted by Crippen LogP contribution is 2.33. The second-order valence-corrected chi connectivity index (χ2v) is 3.91. The van der Waals surface area contributed by atoms with Gasteiger partial charge in [0, 0.05) is 13.0 Å². The Balaban J connectivity index is 2.06. The van der Waals surface area contributed by atoms with Crippen LogP contribution >= 0.6 is 0 Å². The van der Waals surface area contributed by atoms with Crippen molar-refractivity contribution in [2.24, 2.45) is 0 Å². The Morgan fingerprint density at radius 2 is 2.38 bits per heavy atom. The Labute approximate surface area is 78.3 Å². The first kappa shape index (κ1) is 9.03. The molecule has 0 radical (unpaired) electrons. The summed E-state index contributed by atoms with van der Waals surface area (Å²) in [5, 5.41) is 9.99. The zero-order valence-electron chi connectivity index (χ0n) is 7.95. The van der Waals surface area contributed by atoms with Crippen LogP contribution in [0.15, 0.2) is 11.8 Å². The molecule has 0 aromatic carbocycles. The zero-order valence-corrected chi connectivity index (χ0v) is 7.95. The average Bonchev–Trinajstić information content (AvgIpc) is 2.73. The molecule has 3 heteroatoms. The first-order valence-corrected chi connectivity index (χ1v) is 4.87. The third-order valence-electron chi connectivity index (χ3n) is 2.83. The van der Waals surface area contributed by atoms with E-state index in [9.17, 15) is 5.11 Å². The van der Waals surface area contributed by atoms with Gasteiger partial charge in [-0.1, -0.05) is 0 Å². The van der Waals surface area contributed by atoms with E-state index in [1.807, 2.05) is 13.0 Å². The lowest BCUT2D eigenvalue weighted by atomic mass is 9.94. The van der Waals surface area contributed by atoms with E-state index in [1.54, 1.807) is 0 Å². The predicted octanol–water partition coefficient (Wildman–Crippen LogP) is 1.22. The molecule has 0 saturated carbocycles. The summed E-state index contributed by atoms with van der Waals surface area (Å²) in [6, 6.07) is 0. The fourth-order valence-electron chi connectivity index (χ4n) is 1.94. The van der Waals surface area contributed by atoms with E-state index in [0.717, 1.165) is 25.9 Å². The molecule has 2 unspecified atom stereocenters. The van der Waals surface area contributed by atoms with Gasteiger partial charge in [0.15, 0.2) is 0 Å². The van der Waals surface area contributed by atoms with Crippen molar-refractivity contribution < 1.29 is 14.6 Å². The molecule has 74 valence electrons. The minimum absolute atomic E-state index is 0.420. The number of hydrogen-bond donors (Lipinski definition) is 1. The standard InChI is InChI=1S/C10H16O3/c1-10(5-3-7-13-10)9(11)8-4-2-6-12-8/h4,9,11H,2-3,5-7H2,1H3. The molecule has 2 aliphatic heterocycles. The molecule has 0 amide bonds. The fraction of sp³-hybridized carbons (Fsp3) is 0.800. The maximum Gasteiger partial charge on any atom is 0.139 e. The Morgan fingerprint density at radius 3 is 2.92 bits per heavy atom. The molecule has 0 aromatic heterocycles. The second kappa shape index (κ2) is 3.31. The minimum atomic E-state index is -0.586. The van der Waals surface area contributed by atoms with Crippen LogP contribution in [0.5, 0.6) is 0 Å². The molecule has 0 bridgehead atoms. The summed E-state index contributed by atoms with van der Waals surface area (Å²) >= 11 is 0. The van der Waals surface area contributed by atoms with Gasteiger partial charge in [-0.25, -0.2) is 0 Å². The van der Waals surface area contributed by atoms with Gasteiger partial charge in [0.25, 0.3) is 0 Å². The van der Waals surface area contributed by atoms with Gasteiger partial charge in [-0.3, -0.25) is 0 Å². The van der Waals surface area contributed by atoms with Crippen LogP contribution in [0.2, 0.25) is 0 Å². The molecule has 2 rings (SSSR count). The quantitative estimate of drug-likeness (QED) is 0.701. The zero-order chi connectivity index (χ0) is 9.31. The highest BCUT2D eigenvalue weighted by Gasteiger charge is 2.40. The van der Waals surface area contributed by atoms with Crippen molar-refractivity contribution in [3.63, 3.8) is 0 Å². The smallest absolute Gasteiger partial charge is 0.139 e. The maximum absolute atomic E-state index is 9.99. The van der Waals surface area contributed by atoms with Crippen LogP contribution in [0, 0.1) is 0 Å². The number of rotatable bonds is 2. The number of hydrogen-bond acceptors (Lipinski definition) is 3. The molecule has 3 nitrogen and oxygen atoms in total. The van der Waals surface area contributed by atoms with E-state index in [-0.39, 0.29) is 0 Å². The summed E-state index contributed by atoms with van der Waals surface area (Å²) in [6.45, 7) is 3.40. The van der Waals surface area contributed by atoms with E-state index in [2.05, 4.69) is 0 Å². The molecule has 2 heterocycles. The monoisotopic (exact) mass is 184 g/mol. The highest BCUT2D eigenvalue weighted by molar-refractivity contribution is 5.11. The largest absolute Gasteiger partial charge is 0.495 e. The minimum Gasteiger partial charge on any atom is -0.495 e. The van der Waals surface area contributed by atoms with Crippen LogP contribution in [0.4, 0.5) is 0 Å². The number of aliphatic hydroxyl groups is 1. The SMILES string of the molecule is CC1(C(O)C2=CCCO2)CCCO1. The average molecular weight is 184 g/mol. The van der Waals surface area contributed by atoms with E-state index in [0.29, 0.717) is 12.4 Å². The van der Waals surface area contributed by atoms with Crippen LogP contribution in [0.25, 0.3) is 0 Å². The molecule has 0 spiro atoms. The van der Waals surface area contributed by atoms with Crippen molar-refractivity contribution in [1.29, 1.82) is 0 Å². The number of aliphatic hydroxyl groups excluding tert-OH is 1. The number of ether oxygens (including phenoxy) is 2. The van der Waals surface area contributed by atoms with E-state index in [1.165, 1.54) is 0 Å². The molecular formula is C10H16O3. The third kappa shape index (κ3) is 1.58. The molecule has 0 aromatic rings. The van der Waals surface area contributed by atoms with Crippen molar-refractivity contribution >= 4 is 0 Å². The van der Waals surface area contributed by atoms with Crippen LogP contribution < -0.4 is 0 Å². The summed E-state index contributed by atoms with van der Waals surface area (Å²) < 4.78 is 10.9.